The maximum absolute atomic E-state index is 13.0. The average Bonchev–Trinajstić information content (AvgIpc) is 3.11. The average molecular weight is 359 g/mol. The van der Waals surface area contributed by atoms with Crippen LogP contribution in [0.5, 0.6) is 0 Å². The number of ether oxygens (including phenoxy) is 1. The largest absolute Gasteiger partial charge is 0.444 e. The van der Waals surface area contributed by atoms with Gasteiger partial charge in [-0.25, -0.2) is 4.79 Å². The quantitative estimate of drug-likeness (QED) is 0.663. The fraction of sp³-hybridized carbons (Fsp3) is 0.217. The lowest BCUT2D eigenvalue weighted by Gasteiger charge is -2.21. The number of aryl methyl sites for hydroxylation is 2. The van der Waals surface area contributed by atoms with Gasteiger partial charge in [0.25, 0.3) is 5.91 Å². The molecule has 27 heavy (non-hydrogen) atoms. The SMILES string of the molecule is CN(C)C(=O)C(OC(=O)c1ccc2c3c(cccc13)CC2)c1ccccc1. The topological polar surface area (TPSA) is 46.6 Å². The predicted molar refractivity (Wildman–Crippen MR) is 105 cm³/mol. The van der Waals surface area contributed by atoms with Gasteiger partial charge in [-0.05, 0) is 40.8 Å². The molecule has 1 unspecified atom stereocenters. The molecule has 0 spiro atoms. The number of benzene rings is 3. The van der Waals surface area contributed by atoms with Gasteiger partial charge in [-0.1, -0.05) is 54.6 Å². The highest BCUT2D eigenvalue weighted by atomic mass is 16.5. The maximum Gasteiger partial charge on any atom is 0.339 e. The van der Waals surface area contributed by atoms with Crippen LogP contribution in [0.4, 0.5) is 0 Å². The van der Waals surface area contributed by atoms with Gasteiger partial charge in [0.2, 0.25) is 6.10 Å². The van der Waals surface area contributed by atoms with Crippen molar-refractivity contribution in [3.8, 4) is 0 Å². The first-order chi connectivity index (χ1) is 13.1. The van der Waals surface area contributed by atoms with Crippen LogP contribution in [0.25, 0.3) is 10.8 Å². The molecule has 1 amide bonds. The van der Waals surface area contributed by atoms with Crippen molar-refractivity contribution in [2.24, 2.45) is 0 Å². The molecule has 1 aliphatic rings. The zero-order valence-corrected chi connectivity index (χ0v) is 15.4. The molecule has 3 aromatic carbocycles. The van der Waals surface area contributed by atoms with Gasteiger partial charge in [-0.15, -0.1) is 0 Å². The minimum atomic E-state index is -0.961. The smallest absolute Gasteiger partial charge is 0.339 e. The van der Waals surface area contributed by atoms with Gasteiger partial charge < -0.3 is 9.64 Å². The molecule has 4 rings (SSSR count). The van der Waals surface area contributed by atoms with Gasteiger partial charge in [-0.2, -0.15) is 0 Å². The van der Waals surface area contributed by atoms with Gasteiger partial charge in [0.1, 0.15) is 0 Å². The number of hydrogen-bond acceptors (Lipinski definition) is 3. The molecule has 136 valence electrons. The molecule has 0 bridgehead atoms. The molecule has 0 aromatic heterocycles. The van der Waals surface area contributed by atoms with Crippen molar-refractivity contribution in [2.75, 3.05) is 14.1 Å². The van der Waals surface area contributed by atoms with E-state index >= 15 is 0 Å². The summed E-state index contributed by atoms with van der Waals surface area (Å²) in [5, 5.41) is 2.05. The molecule has 0 saturated carbocycles. The van der Waals surface area contributed by atoms with Crippen LogP contribution in [0.15, 0.2) is 60.7 Å². The molecular formula is C23H21NO3. The molecule has 0 N–H and O–H groups in total. The molecule has 0 radical (unpaired) electrons. The van der Waals surface area contributed by atoms with E-state index in [4.69, 9.17) is 4.74 Å². The number of likely N-dealkylation sites (N-methyl/N-ethyl adjacent to an activating group) is 1. The molecule has 0 fully saturated rings. The van der Waals surface area contributed by atoms with Crippen LogP contribution < -0.4 is 0 Å². The number of esters is 1. The molecule has 0 heterocycles. The highest BCUT2D eigenvalue weighted by molar-refractivity contribution is 6.07. The Balaban J connectivity index is 1.72. The van der Waals surface area contributed by atoms with Crippen molar-refractivity contribution in [3.63, 3.8) is 0 Å². The second kappa shape index (κ2) is 6.88. The number of amides is 1. The van der Waals surface area contributed by atoms with Gasteiger partial charge >= 0.3 is 5.97 Å². The van der Waals surface area contributed by atoms with Gasteiger partial charge in [0, 0.05) is 19.7 Å². The maximum atomic E-state index is 13.0. The van der Waals surface area contributed by atoms with Crippen LogP contribution in [0.1, 0.15) is 33.2 Å². The summed E-state index contributed by atoms with van der Waals surface area (Å²) < 4.78 is 5.72. The molecule has 1 aliphatic carbocycles. The van der Waals surface area contributed by atoms with Crippen LogP contribution in [-0.2, 0) is 22.4 Å². The van der Waals surface area contributed by atoms with E-state index in [0.29, 0.717) is 11.1 Å². The van der Waals surface area contributed by atoms with Crippen molar-refractivity contribution in [3.05, 3.63) is 82.9 Å². The summed E-state index contributed by atoms with van der Waals surface area (Å²) >= 11 is 0. The summed E-state index contributed by atoms with van der Waals surface area (Å²) in [5.74, 6) is -0.741. The minimum Gasteiger partial charge on any atom is -0.444 e. The van der Waals surface area contributed by atoms with Crippen LogP contribution in [0.2, 0.25) is 0 Å². The van der Waals surface area contributed by atoms with Crippen LogP contribution >= 0.6 is 0 Å². The fourth-order valence-electron chi connectivity index (χ4n) is 3.72. The predicted octanol–water partition coefficient (Wildman–Crippen LogP) is 3.92. The van der Waals surface area contributed by atoms with Gasteiger partial charge in [-0.3, -0.25) is 4.79 Å². The Bertz CT molecular complexity index is 1010. The lowest BCUT2D eigenvalue weighted by Crippen LogP contribution is -2.31. The lowest BCUT2D eigenvalue weighted by atomic mass is 10.00. The Hall–Kier alpha value is -3.14. The van der Waals surface area contributed by atoms with E-state index in [2.05, 4.69) is 6.07 Å². The number of carbonyl (C=O) groups is 2. The second-order valence-corrected chi connectivity index (χ2v) is 7.04. The first-order valence-corrected chi connectivity index (χ1v) is 9.07. The van der Waals surface area contributed by atoms with Crippen molar-refractivity contribution in [2.45, 2.75) is 18.9 Å². The monoisotopic (exact) mass is 359 g/mol. The van der Waals surface area contributed by atoms with E-state index in [1.807, 2.05) is 42.5 Å². The number of rotatable bonds is 4. The second-order valence-electron chi connectivity index (χ2n) is 7.04. The summed E-state index contributed by atoms with van der Waals surface area (Å²) in [4.78, 5) is 27.1. The first-order valence-electron chi connectivity index (χ1n) is 9.07. The fourth-order valence-corrected chi connectivity index (χ4v) is 3.72. The summed E-state index contributed by atoms with van der Waals surface area (Å²) in [6.07, 6.45) is 1.03. The van der Waals surface area contributed by atoms with E-state index in [-0.39, 0.29) is 5.91 Å². The van der Waals surface area contributed by atoms with Gasteiger partial charge in [0.05, 0.1) is 5.56 Å². The Kier molecular flexibility index (Phi) is 4.40. The van der Waals surface area contributed by atoms with Crippen molar-refractivity contribution in [1.82, 2.24) is 4.90 Å². The van der Waals surface area contributed by atoms with E-state index in [0.717, 1.165) is 23.6 Å². The zero-order valence-electron chi connectivity index (χ0n) is 15.4. The lowest BCUT2D eigenvalue weighted by molar-refractivity contribution is -0.138. The third-order valence-corrected chi connectivity index (χ3v) is 5.09. The van der Waals surface area contributed by atoms with Crippen LogP contribution in [-0.4, -0.2) is 30.9 Å². The van der Waals surface area contributed by atoms with Crippen LogP contribution in [0, 0.1) is 0 Å². The van der Waals surface area contributed by atoms with Crippen LogP contribution in [0.3, 0.4) is 0 Å². The number of carbonyl (C=O) groups excluding carboxylic acids is 2. The molecule has 1 atom stereocenters. The Morgan fingerprint density at radius 2 is 1.59 bits per heavy atom. The normalized spacial score (nSPS) is 13.4. The van der Waals surface area contributed by atoms with E-state index in [1.54, 1.807) is 26.2 Å². The molecule has 0 aliphatic heterocycles. The van der Waals surface area contributed by atoms with E-state index < -0.39 is 12.1 Å². The molecule has 4 heteroatoms. The molecular weight excluding hydrogens is 338 g/mol. The highest BCUT2D eigenvalue weighted by Crippen LogP contribution is 2.33. The number of hydrogen-bond donors (Lipinski definition) is 0. The van der Waals surface area contributed by atoms with E-state index in [9.17, 15) is 9.59 Å². The zero-order chi connectivity index (χ0) is 19.0. The van der Waals surface area contributed by atoms with Crippen molar-refractivity contribution < 1.29 is 14.3 Å². The van der Waals surface area contributed by atoms with Gasteiger partial charge in [0.15, 0.2) is 0 Å². The summed E-state index contributed by atoms with van der Waals surface area (Å²) in [6, 6.07) is 19.0. The highest BCUT2D eigenvalue weighted by Gasteiger charge is 2.28. The Morgan fingerprint density at radius 1 is 0.889 bits per heavy atom. The summed E-state index contributed by atoms with van der Waals surface area (Å²) in [5.41, 5.74) is 3.70. The molecule has 3 aromatic rings. The standard InChI is InChI=1S/C23H21NO3/c1-24(2)22(25)21(17-7-4-3-5-8-17)27-23(26)19-14-13-16-12-11-15-9-6-10-18(19)20(15)16/h3-10,13-14,21H,11-12H2,1-2H3. The minimum absolute atomic E-state index is 0.263. The first kappa shape index (κ1) is 17.3. The third kappa shape index (κ3) is 3.08. The third-order valence-electron chi connectivity index (χ3n) is 5.09. The number of nitrogens with zero attached hydrogens (tertiary/aromatic N) is 1. The Labute approximate surface area is 158 Å². The van der Waals surface area contributed by atoms with E-state index in [1.165, 1.54) is 16.0 Å². The molecule has 4 nitrogen and oxygen atoms in total. The Morgan fingerprint density at radius 3 is 2.30 bits per heavy atom. The van der Waals surface area contributed by atoms with Crippen molar-refractivity contribution >= 4 is 22.6 Å². The summed E-state index contributed by atoms with van der Waals surface area (Å²) in [7, 11) is 3.32. The summed E-state index contributed by atoms with van der Waals surface area (Å²) in [6.45, 7) is 0. The van der Waals surface area contributed by atoms with Crippen molar-refractivity contribution in [1.29, 1.82) is 0 Å². The molecule has 0 saturated heterocycles.